The normalized spacial score (nSPS) is 9.93. The van der Waals surface area contributed by atoms with Crippen molar-refractivity contribution < 1.29 is 19.1 Å². The minimum atomic E-state index is -0.455. The number of amides is 1. The van der Waals surface area contributed by atoms with E-state index in [1.807, 2.05) is 42.5 Å². The van der Waals surface area contributed by atoms with Gasteiger partial charge in [-0.05, 0) is 30.2 Å². The monoisotopic (exact) mass is 384 g/mol. The lowest BCUT2D eigenvalue weighted by atomic mass is 10.1. The second-order valence-corrected chi connectivity index (χ2v) is 6.48. The zero-order chi connectivity index (χ0) is 19.5. The van der Waals surface area contributed by atoms with Crippen LogP contribution < -0.4 is 10.1 Å². The molecule has 7 heteroatoms. The number of ether oxygens (including phenoxy) is 2. The van der Waals surface area contributed by atoms with Crippen LogP contribution in [-0.4, -0.2) is 31.3 Å². The molecule has 0 aromatic heterocycles. The molecule has 0 spiro atoms. The third-order valence-electron chi connectivity index (χ3n) is 3.61. The van der Waals surface area contributed by atoms with Crippen LogP contribution in [0.3, 0.4) is 0 Å². The predicted molar refractivity (Wildman–Crippen MR) is 104 cm³/mol. The lowest BCUT2D eigenvalue weighted by Gasteiger charge is -2.10. The number of aryl methyl sites for hydroxylation is 1. The minimum Gasteiger partial charge on any atom is -0.496 e. The molecule has 0 saturated heterocycles. The van der Waals surface area contributed by atoms with E-state index in [4.69, 9.17) is 14.7 Å². The van der Waals surface area contributed by atoms with Gasteiger partial charge in [0.05, 0.1) is 24.6 Å². The van der Waals surface area contributed by atoms with Gasteiger partial charge in [0.25, 0.3) is 5.91 Å². The topological polar surface area (TPSA) is 88.4 Å². The summed E-state index contributed by atoms with van der Waals surface area (Å²) in [5, 5.41) is 11.4. The molecule has 140 valence electrons. The summed E-state index contributed by atoms with van der Waals surface area (Å²) in [5.74, 6) is 0.119. The van der Waals surface area contributed by atoms with E-state index >= 15 is 0 Å². The lowest BCUT2D eigenvalue weighted by molar-refractivity contribution is -0.147. The summed E-state index contributed by atoms with van der Waals surface area (Å²) in [5.41, 5.74) is 1.50. The van der Waals surface area contributed by atoms with Crippen LogP contribution in [0.5, 0.6) is 5.75 Å². The molecular weight excluding hydrogens is 364 g/mol. The second kappa shape index (κ2) is 10.9. The first-order valence-corrected chi connectivity index (χ1v) is 9.28. The quantitative estimate of drug-likeness (QED) is 0.526. The maximum Gasteiger partial charge on any atom is 0.306 e. The first-order chi connectivity index (χ1) is 13.1. The molecule has 1 N–H and O–H groups in total. The van der Waals surface area contributed by atoms with Crippen LogP contribution in [0.4, 0.5) is 5.69 Å². The third kappa shape index (κ3) is 6.68. The molecule has 27 heavy (non-hydrogen) atoms. The van der Waals surface area contributed by atoms with E-state index in [1.54, 1.807) is 19.2 Å². The summed E-state index contributed by atoms with van der Waals surface area (Å²) in [4.78, 5) is 24.7. The summed E-state index contributed by atoms with van der Waals surface area (Å²) < 4.78 is 10.3. The number of nitriles is 1. The van der Waals surface area contributed by atoms with Gasteiger partial charge in [-0.25, -0.2) is 0 Å². The summed E-state index contributed by atoms with van der Waals surface area (Å²) in [6.45, 7) is -0.359. The van der Waals surface area contributed by atoms with Crippen molar-refractivity contribution in [2.75, 3.05) is 24.8 Å². The van der Waals surface area contributed by atoms with Crippen molar-refractivity contribution in [3.8, 4) is 11.8 Å². The van der Waals surface area contributed by atoms with Crippen molar-refractivity contribution in [2.24, 2.45) is 0 Å². The Morgan fingerprint density at radius 3 is 2.67 bits per heavy atom. The zero-order valence-electron chi connectivity index (χ0n) is 14.9. The molecule has 0 aliphatic heterocycles. The number of anilines is 1. The fraction of sp³-hybridized carbons (Fsp3) is 0.250. The van der Waals surface area contributed by atoms with E-state index in [9.17, 15) is 9.59 Å². The third-order valence-corrected chi connectivity index (χ3v) is 4.55. The highest BCUT2D eigenvalue weighted by Gasteiger charge is 2.11. The number of hydrogen-bond donors (Lipinski definition) is 1. The highest BCUT2D eigenvalue weighted by atomic mass is 32.2. The number of methoxy groups -OCH3 is 1. The van der Waals surface area contributed by atoms with Crippen molar-refractivity contribution >= 4 is 29.3 Å². The number of nitrogens with one attached hydrogen (secondary N) is 1. The Bertz CT molecular complexity index is 833. The van der Waals surface area contributed by atoms with Crippen molar-refractivity contribution in [3.63, 3.8) is 0 Å². The maximum atomic E-state index is 12.0. The molecule has 2 aromatic rings. The summed E-state index contributed by atoms with van der Waals surface area (Å²) >= 11 is 1.33. The Kier molecular flexibility index (Phi) is 8.20. The van der Waals surface area contributed by atoms with E-state index in [1.165, 1.54) is 11.8 Å². The van der Waals surface area contributed by atoms with Crippen LogP contribution in [0, 0.1) is 11.3 Å². The smallest absolute Gasteiger partial charge is 0.306 e. The van der Waals surface area contributed by atoms with Crippen molar-refractivity contribution in [1.29, 1.82) is 5.26 Å². The van der Waals surface area contributed by atoms with E-state index in [-0.39, 0.29) is 18.8 Å². The van der Waals surface area contributed by atoms with Crippen LogP contribution in [-0.2, 0) is 20.7 Å². The molecule has 0 bridgehead atoms. The number of carbonyl (C=O) groups is 2. The highest BCUT2D eigenvalue weighted by molar-refractivity contribution is 7.99. The fourth-order valence-corrected chi connectivity index (χ4v) is 3.03. The molecule has 0 saturated carbocycles. The van der Waals surface area contributed by atoms with Crippen molar-refractivity contribution in [3.05, 3.63) is 54.1 Å². The molecule has 0 aliphatic carbocycles. The van der Waals surface area contributed by atoms with Crippen molar-refractivity contribution in [1.82, 2.24) is 0 Å². The fourth-order valence-electron chi connectivity index (χ4n) is 2.36. The van der Waals surface area contributed by atoms with Gasteiger partial charge in [0, 0.05) is 11.3 Å². The van der Waals surface area contributed by atoms with Gasteiger partial charge in [0.15, 0.2) is 6.61 Å². The Hall–Kier alpha value is -2.98. The van der Waals surface area contributed by atoms with Crippen molar-refractivity contribution in [2.45, 2.75) is 17.7 Å². The molecular formula is C20H20N2O4S. The number of thioether (sulfide) groups is 1. The van der Waals surface area contributed by atoms with Gasteiger partial charge >= 0.3 is 5.97 Å². The number of benzene rings is 2. The van der Waals surface area contributed by atoms with Crippen LogP contribution in [0.25, 0.3) is 0 Å². The van der Waals surface area contributed by atoms with Crippen LogP contribution in [0.1, 0.15) is 12.0 Å². The van der Waals surface area contributed by atoms with E-state index in [0.29, 0.717) is 12.1 Å². The SMILES string of the molecule is COc1ccccc1CCC(=O)OCC(=O)Nc1ccccc1SCC#N. The van der Waals surface area contributed by atoms with Gasteiger partial charge in [-0.15, -0.1) is 11.8 Å². The van der Waals surface area contributed by atoms with Gasteiger partial charge in [0.2, 0.25) is 0 Å². The van der Waals surface area contributed by atoms with Gasteiger partial charge in [-0.2, -0.15) is 5.26 Å². The molecule has 0 heterocycles. The number of rotatable bonds is 9. The molecule has 1 amide bonds. The average Bonchev–Trinajstić information content (AvgIpc) is 2.70. The Balaban J connectivity index is 1.80. The maximum absolute atomic E-state index is 12.0. The Morgan fingerprint density at radius 2 is 1.89 bits per heavy atom. The molecule has 0 radical (unpaired) electrons. The van der Waals surface area contributed by atoms with Gasteiger partial charge in [-0.3, -0.25) is 9.59 Å². The minimum absolute atomic E-state index is 0.155. The molecule has 2 aromatic carbocycles. The first-order valence-electron chi connectivity index (χ1n) is 8.30. The Labute approximate surface area is 162 Å². The molecule has 0 atom stereocenters. The predicted octanol–water partition coefficient (Wildman–Crippen LogP) is 3.43. The number of nitrogens with zero attached hydrogens (tertiary/aromatic N) is 1. The number of carbonyl (C=O) groups excluding carboxylic acids is 2. The van der Waals surface area contributed by atoms with Gasteiger partial charge in [-0.1, -0.05) is 30.3 Å². The van der Waals surface area contributed by atoms with E-state index in [2.05, 4.69) is 5.32 Å². The zero-order valence-corrected chi connectivity index (χ0v) is 15.8. The van der Waals surface area contributed by atoms with Gasteiger partial charge < -0.3 is 14.8 Å². The summed E-state index contributed by atoms with van der Waals surface area (Å²) in [6.07, 6.45) is 0.625. The standard InChI is InChI=1S/C20H20N2O4S/c1-25-17-8-4-2-6-15(17)10-11-20(24)26-14-19(23)22-16-7-3-5-9-18(16)27-13-12-21/h2-9H,10-11,13-14H2,1H3,(H,22,23). The second-order valence-electron chi connectivity index (χ2n) is 5.46. The number of esters is 1. The van der Waals surface area contributed by atoms with Crippen LogP contribution in [0.15, 0.2) is 53.4 Å². The molecule has 0 unspecified atom stereocenters. The molecule has 2 rings (SSSR count). The average molecular weight is 384 g/mol. The number of para-hydroxylation sites is 2. The van der Waals surface area contributed by atoms with E-state index in [0.717, 1.165) is 16.2 Å². The van der Waals surface area contributed by atoms with Crippen LogP contribution >= 0.6 is 11.8 Å². The lowest BCUT2D eigenvalue weighted by Crippen LogP contribution is -2.21. The summed E-state index contributed by atoms with van der Waals surface area (Å²) in [7, 11) is 1.58. The first kappa shape index (κ1) is 20.3. The largest absolute Gasteiger partial charge is 0.496 e. The van der Waals surface area contributed by atoms with Gasteiger partial charge in [0.1, 0.15) is 5.75 Å². The molecule has 0 aliphatic rings. The van der Waals surface area contributed by atoms with E-state index < -0.39 is 11.9 Å². The molecule has 0 fully saturated rings. The summed E-state index contributed by atoms with van der Waals surface area (Å²) in [6, 6.07) is 16.7. The highest BCUT2D eigenvalue weighted by Crippen LogP contribution is 2.26. The van der Waals surface area contributed by atoms with Crippen LogP contribution in [0.2, 0.25) is 0 Å². The number of hydrogen-bond acceptors (Lipinski definition) is 6. The molecule has 6 nitrogen and oxygen atoms in total. The Morgan fingerprint density at radius 1 is 1.15 bits per heavy atom.